The molecule has 0 spiro atoms. The third-order valence-electron chi connectivity index (χ3n) is 3.82. The van der Waals surface area contributed by atoms with Gasteiger partial charge in [0.2, 0.25) is 12.4 Å². The molecule has 1 fully saturated rings. The van der Waals surface area contributed by atoms with Gasteiger partial charge in [-0.05, 0) is 24.3 Å². The Bertz CT molecular complexity index is 741. The number of hydrogen-bond donors (Lipinski definition) is 1. The number of hydrogen-bond acceptors (Lipinski definition) is 9. The highest BCUT2D eigenvalue weighted by molar-refractivity contribution is 5.87. The van der Waals surface area contributed by atoms with Gasteiger partial charge >= 0.3 is 23.9 Å². The number of benzene rings is 1. The van der Waals surface area contributed by atoms with E-state index in [0.29, 0.717) is 0 Å². The van der Waals surface area contributed by atoms with E-state index in [0.717, 1.165) is 6.92 Å². The summed E-state index contributed by atoms with van der Waals surface area (Å²) in [5.41, 5.74) is 0.0404. The summed E-state index contributed by atoms with van der Waals surface area (Å²) < 4.78 is 26.3. The molecule has 1 aromatic rings. The summed E-state index contributed by atoms with van der Waals surface area (Å²) in [5, 5.41) is 8.96. The Morgan fingerprint density at radius 1 is 1.04 bits per heavy atom. The van der Waals surface area contributed by atoms with Gasteiger partial charge < -0.3 is 28.8 Å². The lowest BCUT2D eigenvalue weighted by molar-refractivity contribution is -0.251. The van der Waals surface area contributed by atoms with E-state index < -0.39 is 48.5 Å². The van der Waals surface area contributed by atoms with Crippen LogP contribution in [0.1, 0.15) is 30.6 Å². The van der Waals surface area contributed by atoms with Gasteiger partial charge in [0.05, 0.1) is 12.7 Å². The second-order valence-corrected chi connectivity index (χ2v) is 5.92. The lowest BCUT2D eigenvalue weighted by Gasteiger charge is -2.39. The van der Waals surface area contributed by atoms with Gasteiger partial charge in [0.15, 0.2) is 6.10 Å². The van der Waals surface area contributed by atoms with E-state index in [9.17, 15) is 19.2 Å². The van der Waals surface area contributed by atoms with E-state index in [-0.39, 0.29) is 17.7 Å². The fourth-order valence-corrected chi connectivity index (χ4v) is 2.65. The second kappa shape index (κ2) is 9.18. The Kier molecular flexibility index (Phi) is 6.94. The molecular weight excluding hydrogens is 376 g/mol. The zero-order valence-corrected chi connectivity index (χ0v) is 15.4. The molecule has 0 amide bonds. The molecule has 0 aromatic heterocycles. The number of methoxy groups -OCH3 is 1. The standard InChI is InChI=1S/C18H20O10/c1-9(19)25-13-8-14(17(23)24-3)28-18(15(13)26-10(2)20)27-12-6-4-11(5-7-12)16(21)22/h4-7,13-15,18H,8H2,1-3H3,(H,21,22)/t13?,14-,15+,18?/m0/s1. The summed E-state index contributed by atoms with van der Waals surface area (Å²) in [7, 11) is 1.17. The van der Waals surface area contributed by atoms with Crippen LogP contribution in [0, 0.1) is 0 Å². The summed E-state index contributed by atoms with van der Waals surface area (Å²) in [6, 6.07) is 5.37. The Morgan fingerprint density at radius 3 is 2.14 bits per heavy atom. The van der Waals surface area contributed by atoms with Crippen LogP contribution in [0.4, 0.5) is 0 Å². The highest BCUT2D eigenvalue weighted by atomic mass is 16.7. The lowest BCUT2D eigenvalue weighted by Crippen LogP contribution is -2.55. The van der Waals surface area contributed by atoms with Crippen molar-refractivity contribution in [2.24, 2.45) is 0 Å². The number of carboxylic acid groups (broad SMARTS) is 1. The Morgan fingerprint density at radius 2 is 1.64 bits per heavy atom. The van der Waals surface area contributed by atoms with Crippen molar-refractivity contribution < 1.29 is 48.0 Å². The molecule has 1 saturated heterocycles. The van der Waals surface area contributed by atoms with Gasteiger partial charge in [-0.2, -0.15) is 0 Å². The fourth-order valence-electron chi connectivity index (χ4n) is 2.65. The first-order valence-electron chi connectivity index (χ1n) is 8.29. The molecule has 1 N–H and O–H groups in total. The zero-order valence-electron chi connectivity index (χ0n) is 15.4. The molecule has 10 nitrogen and oxygen atoms in total. The zero-order chi connectivity index (χ0) is 20.8. The Hall–Kier alpha value is -3.14. The van der Waals surface area contributed by atoms with Crippen molar-refractivity contribution in [2.45, 2.75) is 44.9 Å². The number of esters is 3. The Labute approximate surface area is 160 Å². The highest BCUT2D eigenvalue weighted by Crippen LogP contribution is 2.29. The molecule has 0 bridgehead atoms. The first kappa shape index (κ1) is 21.2. The minimum Gasteiger partial charge on any atom is -0.478 e. The molecule has 2 unspecified atom stereocenters. The molecule has 0 radical (unpaired) electrons. The van der Waals surface area contributed by atoms with E-state index in [2.05, 4.69) is 4.74 Å². The highest BCUT2D eigenvalue weighted by Gasteiger charge is 2.47. The van der Waals surface area contributed by atoms with Crippen LogP contribution < -0.4 is 4.74 Å². The van der Waals surface area contributed by atoms with Crippen molar-refractivity contribution in [3.8, 4) is 5.75 Å². The van der Waals surface area contributed by atoms with Crippen molar-refractivity contribution in [1.82, 2.24) is 0 Å². The van der Waals surface area contributed by atoms with Crippen LogP contribution in [0.2, 0.25) is 0 Å². The fraction of sp³-hybridized carbons (Fsp3) is 0.444. The van der Waals surface area contributed by atoms with Gasteiger partial charge in [-0.1, -0.05) is 0 Å². The molecule has 1 aliphatic heterocycles. The van der Waals surface area contributed by atoms with Crippen LogP contribution in [0.15, 0.2) is 24.3 Å². The third kappa shape index (κ3) is 5.43. The van der Waals surface area contributed by atoms with Gasteiger partial charge in [-0.25, -0.2) is 9.59 Å². The van der Waals surface area contributed by atoms with E-state index >= 15 is 0 Å². The van der Waals surface area contributed by atoms with Crippen LogP contribution in [0.3, 0.4) is 0 Å². The Balaban J connectivity index is 2.29. The van der Waals surface area contributed by atoms with Crippen molar-refractivity contribution in [3.63, 3.8) is 0 Å². The number of carboxylic acids is 1. The van der Waals surface area contributed by atoms with Crippen LogP contribution in [-0.2, 0) is 33.3 Å². The quantitative estimate of drug-likeness (QED) is 0.546. The average Bonchev–Trinajstić information content (AvgIpc) is 2.63. The second-order valence-electron chi connectivity index (χ2n) is 5.92. The molecule has 10 heteroatoms. The smallest absolute Gasteiger partial charge is 0.335 e. The molecule has 28 heavy (non-hydrogen) atoms. The summed E-state index contributed by atoms with van der Waals surface area (Å²) >= 11 is 0. The normalized spacial score (nSPS) is 24.0. The van der Waals surface area contributed by atoms with Crippen molar-refractivity contribution in [2.75, 3.05) is 7.11 Å². The molecule has 152 valence electrons. The summed E-state index contributed by atoms with van der Waals surface area (Å²) in [6.45, 7) is 2.34. The maximum Gasteiger partial charge on any atom is 0.335 e. The maximum atomic E-state index is 11.9. The van der Waals surface area contributed by atoms with Crippen molar-refractivity contribution in [3.05, 3.63) is 29.8 Å². The molecule has 1 aliphatic rings. The van der Waals surface area contributed by atoms with Gasteiger partial charge in [0.1, 0.15) is 11.9 Å². The van der Waals surface area contributed by atoms with Gasteiger partial charge in [-0.15, -0.1) is 0 Å². The maximum absolute atomic E-state index is 11.9. The number of ether oxygens (including phenoxy) is 5. The van der Waals surface area contributed by atoms with Gasteiger partial charge in [-0.3, -0.25) is 9.59 Å². The predicted octanol–water partition coefficient (Wildman–Crippen LogP) is 0.915. The monoisotopic (exact) mass is 396 g/mol. The van der Waals surface area contributed by atoms with Gasteiger partial charge in [0.25, 0.3) is 0 Å². The van der Waals surface area contributed by atoms with E-state index in [1.54, 1.807) is 0 Å². The molecular formula is C18H20O10. The minimum atomic E-state index is -1.30. The largest absolute Gasteiger partial charge is 0.478 e. The molecule has 1 aromatic carbocycles. The van der Waals surface area contributed by atoms with E-state index in [1.165, 1.54) is 38.3 Å². The number of carbonyl (C=O) groups is 4. The van der Waals surface area contributed by atoms with Crippen molar-refractivity contribution >= 4 is 23.9 Å². The number of rotatable bonds is 6. The predicted molar refractivity (Wildman–Crippen MR) is 90.4 cm³/mol. The molecule has 0 saturated carbocycles. The topological polar surface area (TPSA) is 135 Å². The first-order valence-corrected chi connectivity index (χ1v) is 8.29. The molecule has 0 aliphatic carbocycles. The summed E-state index contributed by atoms with van der Waals surface area (Å²) in [6.07, 6.45) is -4.68. The van der Waals surface area contributed by atoms with Crippen LogP contribution >= 0.6 is 0 Å². The van der Waals surface area contributed by atoms with Crippen molar-refractivity contribution in [1.29, 1.82) is 0 Å². The molecule has 4 atom stereocenters. The SMILES string of the molecule is COC(=O)[C@@H]1CC(OC(C)=O)[C@@H](OC(C)=O)C(Oc2ccc(C(=O)O)cc2)O1. The average molecular weight is 396 g/mol. The van der Waals surface area contributed by atoms with Crippen LogP contribution in [0.5, 0.6) is 5.75 Å². The number of carbonyl (C=O) groups excluding carboxylic acids is 3. The van der Waals surface area contributed by atoms with Gasteiger partial charge in [0, 0.05) is 20.3 Å². The molecule has 1 heterocycles. The molecule has 2 rings (SSSR count). The van der Waals surface area contributed by atoms with Crippen LogP contribution in [-0.4, -0.2) is 60.7 Å². The summed E-state index contributed by atoms with van der Waals surface area (Å²) in [4.78, 5) is 45.8. The summed E-state index contributed by atoms with van der Waals surface area (Å²) in [5.74, 6) is -2.94. The third-order valence-corrected chi connectivity index (χ3v) is 3.82. The lowest BCUT2D eigenvalue weighted by atomic mass is 10.0. The minimum absolute atomic E-state index is 0.0404. The van der Waals surface area contributed by atoms with E-state index in [4.69, 9.17) is 24.1 Å². The van der Waals surface area contributed by atoms with E-state index in [1.807, 2.05) is 0 Å². The number of aromatic carboxylic acids is 1. The van der Waals surface area contributed by atoms with Crippen LogP contribution in [0.25, 0.3) is 0 Å². The first-order chi connectivity index (χ1) is 13.2.